The summed E-state index contributed by atoms with van der Waals surface area (Å²) in [6.07, 6.45) is 2.80. The number of thiocarbonyl (C=S) groups is 1. The molecule has 2 fully saturated rings. The lowest BCUT2D eigenvalue weighted by Crippen LogP contribution is -2.56. The van der Waals surface area contributed by atoms with Crippen LogP contribution in [-0.4, -0.2) is 54.4 Å². The number of likely N-dealkylation sites (tertiary alicyclic amines) is 1. The van der Waals surface area contributed by atoms with Crippen molar-refractivity contribution in [3.05, 3.63) is 0 Å². The lowest BCUT2D eigenvalue weighted by Gasteiger charge is -2.46. The van der Waals surface area contributed by atoms with Gasteiger partial charge in [-0.2, -0.15) is 0 Å². The lowest BCUT2D eigenvalue weighted by molar-refractivity contribution is -0.143. The first-order valence-corrected chi connectivity index (χ1v) is 7.50. The number of amides is 1. The second-order valence-corrected chi connectivity index (χ2v) is 7.00. The highest BCUT2D eigenvalue weighted by Gasteiger charge is 2.52. The molecule has 2 rings (SSSR count). The smallest absolute Gasteiger partial charge is 0.235 e. The molecule has 1 aliphatic heterocycles. The maximum Gasteiger partial charge on any atom is 0.235 e. The zero-order chi connectivity index (χ0) is 14.2. The Kier molecular flexibility index (Phi) is 4.16. The van der Waals surface area contributed by atoms with Crippen molar-refractivity contribution >= 4 is 23.1 Å². The van der Waals surface area contributed by atoms with E-state index >= 15 is 0 Å². The summed E-state index contributed by atoms with van der Waals surface area (Å²) in [4.78, 5) is 17.2. The second-order valence-electron chi connectivity index (χ2n) is 6.56. The van der Waals surface area contributed by atoms with E-state index in [1.807, 2.05) is 11.9 Å². The minimum absolute atomic E-state index is 0.132. The topological polar surface area (TPSA) is 49.6 Å². The molecule has 0 spiro atoms. The number of rotatable bonds is 4. The van der Waals surface area contributed by atoms with E-state index in [9.17, 15) is 4.79 Å². The Morgan fingerprint density at radius 1 is 1.53 bits per heavy atom. The molecule has 0 aromatic rings. The Balaban J connectivity index is 1.96. The summed E-state index contributed by atoms with van der Waals surface area (Å²) in [7, 11) is 4.02. The van der Waals surface area contributed by atoms with Crippen LogP contribution in [-0.2, 0) is 4.79 Å². The molecule has 1 unspecified atom stereocenters. The molecule has 5 heteroatoms. The lowest BCUT2D eigenvalue weighted by atomic mass is 9.61. The van der Waals surface area contributed by atoms with Crippen molar-refractivity contribution in [2.75, 3.05) is 33.7 Å². The summed E-state index contributed by atoms with van der Waals surface area (Å²) < 4.78 is 0. The van der Waals surface area contributed by atoms with E-state index in [-0.39, 0.29) is 5.91 Å². The van der Waals surface area contributed by atoms with Crippen molar-refractivity contribution in [3.63, 3.8) is 0 Å². The number of nitrogens with zero attached hydrogens (tertiary/aromatic N) is 2. The van der Waals surface area contributed by atoms with Gasteiger partial charge in [-0.05, 0) is 44.7 Å². The van der Waals surface area contributed by atoms with Crippen LogP contribution in [0.25, 0.3) is 0 Å². The molecule has 1 aliphatic carbocycles. The van der Waals surface area contributed by atoms with Gasteiger partial charge in [-0.25, -0.2) is 0 Å². The van der Waals surface area contributed by atoms with Crippen LogP contribution < -0.4 is 5.73 Å². The fourth-order valence-electron chi connectivity index (χ4n) is 3.62. The van der Waals surface area contributed by atoms with Gasteiger partial charge < -0.3 is 15.5 Å². The predicted octanol–water partition coefficient (Wildman–Crippen LogP) is 1.10. The van der Waals surface area contributed by atoms with Crippen molar-refractivity contribution in [2.45, 2.75) is 26.2 Å². The molecule has 4 nitrogen and oxygen atoms in total. The molecule has 0 aromatic carbocycles. The van der Waals surface area contributed by atoms with Crippen LogP contribution in [0.1, 0.15) is 26.2 Å². The van der Waals surface area contributed by atoms with E-state index in [4.69, 9.17) is 18.0 Å². The SMILES string of the molecule is CC1CC(C(=O)N(C)CC2CCN(C)C2)(C(N)=S)C1. The third-order valence-corrected chi connectivity index (χ3v) is 5.03. The molecule has 1 amide bonds. The molecule has 108 valence electrons. The summed E-state index contributed by atoms with van der Waals surface area (Å²) in [6, 6.07) is 0. The van der Waals surface area contributed by atoms with Crippen LogP contribution in [0.4, 0.5) is 0 Å². The van der Waals surface area contributed by atoms with Crippen LogP contribution >= 0.6 is 12.2 Å². The van der Waals surface area contributed by atoms with Gasteiger partial charge in [-0.15, -0.1) is 0 Å². The second kappa shape index (κ2) is 5.37. The van der Waals surface area contributed by atoms with Crippen LogP contribution in [0.3, 0.4) is 0 Å². The van der Waals surface area contributed by atoms with E-state index in [2.05, 4.69) is 18.9 Å². The Bertz CT molecular complexity index is 379. The van der Waals surface area contributed by atoms with Gasteiger partial charge in [-0.1, -0.05) is 19.1 Å². The van der Waals surface area contributed by atoms with E-state index < -0.39 is 5.41 Å². The molecular formula is C14H25N3OS. The summed E-state index contributed by atoms with van der Waals surface area (Å²) in [5.41, 5.74) is 5.29. The fourth-order valence-corrected chi connectivity index (χ4v) is 3.88. The number of hydrogen-bond acceptors (Lipinski definition) is 3. The molecule has 1 saturated heterocycles. The average Bonchev–Trinajstić information content (AvgIpc) is 2.68. The molecule has 1 atom stereocenters. The summed E-state index contributed by atoms with van der Waals surface area (Å²) in [6.45, 7) is 5.18. The normalized spacial score (nSPS) is 34.9. The van der Waals surface area contributed by atoms with Gasteiger partial charge >= 0.3 is 0 Å². The molecule has 2 aliphatic rings. The van der Waals surface area contributed by atoms with Crippen LogP contribution in [0, 0.1) is 17.3 Å². The van der Waals surface area contributed by atoms with Crippen molar-refractivity contribution in [1.29, 1.82) is 0 Å². The third-order valence-electron chi connectivity index (χ3n) is 4.64. The number of carbonyl (C=O) groups is 1. The Labute approximate surface area is 121 Å². The monoisotopic (exact) mass is 283 g/mol. The van der Waals surface area contributed by atoms with Gasteiger partial charge in [0, 0.05) is 20.1 Å². The first-order chi connectivity index (χ1) is 8.85. The summed E-state index contributed by atoms with van der Waals surface area (Å²) in [5.74, 6) is 1.27. The first kappa shape index (κ1) is 14.7. The quantitative estimate of drug-likeness (QED) is 0.785. The van der Waals surface area contributed by atoms with Crippen molar-refractivity contribution in [1.82, 2.24) is 9.80 Å². The van der Waals surface area contributed by atoms with E-state index in [1.54, 1.807) is 0 Å². The van der Waals surface area contributed by atoms with Crippen molar-refractivity contribution in [3.8, 4) is 0 Å². The number of hydrogen-bond donors (Lipinski definition) is 1. The van der Waals surface area contributed by atoms with Crippen molar-refractivity contribution in [2.24, 2.45) is 23.0 Å². The molecule has 1 saturated carbocycles. The molecule has 0 radical (unpaired) electrons. The third kappa shape index (κ3) is 2.77. The zero-order valence-electron chi connectivity index (χ0n) is 12.2. The molecular weight excluding hydrogens is 258 g/mol. The maximum atomic E-state index is 12.6. The van der Waals surface area contributed by atoms with E-state index in [0.717, 1.165) is 32.5 Å². The van der Waals surface area contributed by atoms with Gasteiger partial charge in [-0.3, -0.25) is 4.79 Å². The molecule has 1 heterocycles. The molecule has 19 heavy (non-hydrogen) atoms. The van der Waals surface area contributed by atoms with Crippen LogP contribution in [0.5, 0.6) is 0 Å². The highest BCUT2D eigenvalue weighted by molar-refractivity contribution is 7.80. The van der Waals surface area contributed by atoms with Gasteiger partial charge in [0.05, 0.1) is 10.4 Å². The molecule has 0 aromatic heterocycles. The minimum atomic E-state index is -0.548. The molecule has 2 N–H and O–H groups in total. The largest absolute Gasteiger partial charge is 0.392 e. The van der Waals surface area contributed by atoms with Gasteiger partial charge in [0.2, 0.25) is 5.91 Å². The minimum Gasteiger partial charge on any atom is -0.392 e. The summed E-state index contributed by atoms with van der Waals surface area (Å²) in [5, 5.41) is 0. The van der Waals surface area contributed by atoms with Crippen LogP contribution in [0.15, 0.2) is 0 Å². The van der Waals surface area contributed by atoms with Crippen molar-refractivity contribution < 1.29 is 4.79 Å². The number of nitrogens with two attached hydrogens (primary N) is 1. The Morgan fingerprint density at radius 2 is 2.16 bits per heavy atom. The van der Waals surface area contributed by atoms with Gasteiger partial charge in [0.15, 0.2) is 0 Å². The predicted molar refractivity (Wildman–Crippen MR) is 80.9 cm³/mol. The zero-order valence-corrected chi connectivity index (χ0v) is 13.0. The number of carbonyl (C=O) groups excluding carboxylic acids is 1. The standard InChI is InChI=1S/C14H25N3OS/c1-10-6-14(7-10,12(15)19)13(18)17(3)9-11-4-5-16(2)8-11/h10-11H,4-9H2,1-3H3,(H2,15,19). The van der Waals surface area contributed by atoms with Crippen LogP contribution in [0.2, 0.25) is 0 Å². The molecule has 0 bridgehead atoms. The highest BCUT2D eigenvalue weighted by atomic mass is 32.1. The Hall–Kier alpha value is -0.680. The first-order valence-electron chi connectivity index (χ1n) is 7.09. The van der Waals surface area contributed by atoms with E-state index in [0.29, 0.717) is 16.8 Å². The fraction of sp³-hybridized carbons (Fsp3) is 0.857. The Morgan fingerprint density at radius 3 is 2.58 bits per heavy atom. The summed E-state index contributed by atoms with van der Waals surface area (Å²) >= 11 is 5.15. The maximum absolute atomic E-state index is 12.6. The van der Waals surface area contributed by atoms with Gasteiger partial charge in [0.1, 0.15) is 0 Å². The van der Waals surface area contributed by atoms with E-state index in [1.165, 1.54) is 6.42 Å². The highest BCUT2D eigenvalue weighted by Crippen LogP contribution is 2.47. The van der Waals surface area contributed by atoms with Gasteiger partial charge in [0.25, 0.3) is 0 Å². The average molecular weight is 283 g/mol.